The Morgan fingerprint density at radius 3 is 2.42 bits per heavy atom. The summed E-state index contributed by atoms with van der Waals surface area (Å²) in [4.78, 5) is 12.1. The molecule has 0 spiro atoms. The first-order valence-electron chi connectivity index (χ1n) is 6.65. The average molecular weight is 254 g/mol. The molecule has 2 nitrogen and oxygen atoms in total. The van der Waals surface area contributed by atoms with Gasteiger partial charge in [0, 0.05) is 5.41 Å². The summed E-state index contributed by atoms with van der Waals surface area (Å²) in [5.74, 6) is 0.186. The smallest absolute Gasteiger partial charge is 0.169 e. The number of Topliss-reactive ketones (excluding diaryl/α,β-unsaturated/α-hetero) is 1. The van der Waals surface area contributed by atoms with E-state index in [1.807, 2.05) is 32.9 Å². The fourth-order valence-electron chi connectivity index (χ4n) is 2.38. The lowest BCUT2D eigenvalue weighted by atomic mass is 9.87. The molecule has 0 amide bonds. The zero-order valence-electron chi connectivity index (χ0n) is 11.5. The van der Waals surface area contributed by atoms with Gasteiger partial charge in [0.15, 0.2) is 5.78 Å². The van der Waals surface area contributed by atoms with Crippen LogP contribution in [0.1, 0.15) is 32.4 Å². The van der Waals surface area contributed by atoms with Gasteiger partial charge in [0.05, 0.1) is 0 Å². The number of epoxide rings is 1. The van der Waals surface area contributed by atoms with E-state index in [1.165, 1.54) is 10.8 Å². The molecule has 0 unspecified atom stereocenters. The van der Waals surface area contributed by atoms with Gasteiger partial charge in [-0.25, -0.2) is 0 Å². The predicted molar refractivity (Wildman–Crippen MR) is 76.0 cm³/mol. The molecule has 1 saturated heterocycles. The maximum atomic E-state index is 12.1. The summed E-state index contributed by atoms with van der Waals surface area (Å²) in [7, 11) is 0. The van der Waals surface area contributed by atoms with Gasteiger partial charge < -0.3 is 4.74 Å². The van der Waals surface area contributed by atoms with E-state index in [1.54, 1.807) is 0 Å². The van der Waals surface area contributed by atoms with E-state index in [0.29, 0.717) is 0 Å². The van der Waals surface area contributed by atoms with Crippen molar-refractivity contribution >= 4 is 16.6 Å². The number of carbonyl (C=O) groups is 1. The molecule has 3 rings (SSSR count). The molecule has 0 bridgehead atoms. The highest BCUT2D eigenvalue weighted by Gasteiger charge is 2.49. The van der Waals surface area contributed by atoms with Crippen LogP contribution in [0.2, 0.25) is 0 Å². The molecule has 98 valence electrons. The summed E-state index contributed by atoms with van der Waals surface area (Å²) in [6.45, 7) is 5.82. The van der Waals surface area contributed by atoms with Crippen LogP contribution in [-0.4, -0.2) is 11.9 Å². The van der Waals surface area contributed by atoms with Crippen LogP contribution in [0.15, 0.2) is 42.5 Å². The van der Waals surface area contributed by atoms with Crippen LogP contribution in [0.3, 0.4) is 0 Å². The van der Waals surface area contributed by atoms with Gasteiger partial charge in [0.1, 0.15) is 12.2 Å². The summed E-state index contributed by atoms with van der Waals surface area (Å²) in [5, 5.41) is 2.41. The van der Waals surface area contributed by atoms with E-state index in [-0.39, 0.29) is 23.4 Å². The van der Waals surface area contributed by atoms with Crippen LogP contribution in [-0.2, 0) is 9.53 Å². The quantitative estimate of drug-likeness (QED) is 0.761. The van der Waals surface area contributed by atoms with E-state index in [9.17, 15) is 4.79 Å². The Labute approximate surface area is 113 Å². The highest BCUT2D eigenvalue weighted by molar-refractivity contribution is 5.91. The number of carbonyl (C=O) groups excluding carboxylic acids is 1. The molecular weight excluding hydrogens is 236 g/mol. The number of rotatable bonds is 2. The van der Waals surface area contributed by atoms with Gasteiger partial charge in [0.25, 0.3) is 0 Å². The van der Waals surface area contributed by atoms with Crippen LogP contribution in [0.4, 0.5) is 0 Å². The normalized spacial score (nSPS) is 22.5. The van der Waals surface area contributed by atoms with Crippen molar-refractivity contribution in [2.75, 3.05) is 0 Å². The lowest BCUT2D eigenvalue weighted by molar-refractivity contribution is -0.127. The molecule has 0 aliphatic carbocycles. The van der Waals surface area contributed by atoms with E-state index in [0.717, 1.165) is 5.56 Å². The maximum Gasteiger partial charge on any atom is 0.169 e. The minimum Gasteiger partial charge on any atom is -0.356 e. The Kier molecular flexibility index (Phi) is 2.72. The van der Waals surface area contributed by atoms with Gasteiger partial charge in [-0.2, -0.15) is 0 Å². The number of fused-ring (bicyclic) bond motifs is 1. The van der Waals surface area contributed by atoms with Gasteiger partial charge >= 0.3 is 0 Å². The molecule has 1 aliphatic heterocycles. The van der Waals surface area contributed by atoms with E-state index in [4.69, 9.17) is 4.74 Å². The van der Waals surface area contributed by atoms with Crippen LogP contribution >= 0.6 is 0 Å². The van der Waals surface area contributed by atoms with Crippen molar-refractivity contribution < 1.29 is 9.53 Å². The number of hydrogen-bond acceptors (Lipinski definition) is 2. The molecule has 2 aromatic carbocycles. The van der Waals surface area contributed by atoms with Crippen molar-refractivity contribution in [1.82, 2.24) is 0 Å². The predicted octanol–water partition coefficient (Wildman–Crippen LogP) is 3.89. The zero-order valence-corrected chi connectivity index (χ0v) is 11.5. The fraction of sp³-hybridized carbons (Fsp3) is 0.353. The Balaban J connectivity index is 1.86. The topological polar surface area (TPSA) is 29.6 Å². The lowest BCUT2D eigenvalue weighted by Crippen LogP contribution is -2.25. The molecule has 19 heavy (non-hydrogen) atoms. The van der Waals surface area contributed by atoms with Crippen molar-refractivity contribution in [3.8, 4) is 0 Å². The van der Waals surface area contributed by atoms with Gasteiger partial charge in [0.2, 0.25) is 0 Å². The molecule has 2 aromatic rings. The molecule has 1 aliphatic rings. The third-order valence-corrected chi connectivity index (χ3v) is 3.59. The second kappa shape index (κ2) is 4.17. The SMILES string of the molecule is CC(C)(C)C(=O)[C@@H]1O[C@H]1c1ccc2ccccc2c1. The van der Waals surface area contributed by atoms with E-state index in [2.05, 4.69) is 30.3 Å². The summed E-state index contributed by atoms with van der Waals surface area (Å²) >= 11 is 0. The van der Waals surface area contributed by atoms with Gasteiger partial charge in [-0.1, -0.05) is 57.2 Å². The Hall–Kier alpha value is -1.67. The molecule has 0 N–H and O–H groups in total. The summed E-state index contributed by atoms with van der Waals surface area (Å²) in [5.41, 5.74) is 0.761. The molecule has 0 saturated carbocycles. The van der Waals surface area contributed by atoms with Gasteiger partial charge in [-0.3, -0.25) is 4.79 Å². The number of ether oxygens (including phenoxy) is 1. The molecule has 2 heteroatoms. The standard InChI is InChI=1S/C17H18O2/c1-17(2,3)16(18)15-14(19-15)13-9-8-11-6-4-5-7-12(11)10-13/h4-10,14-15H,1-3H3/t14-,15+/m0/s1. The van der Waals surface area contributed by atoms with Crippen molar-refractivity contribution in [1.29, 1.82) is 0 Å². The number of hydrogen-bond donors (Lipinski definition) is 0. The van der Waals surface area contributed by atoms with Gasteiger partial charge in [-0.15, -0.1) is 0 Å². The molecule has 0 aromatic heterocycles. The van der Waals surface area contributed by atoms with Crippen LogP contribution in [0, 0.1) is 5.41 Å². The molecule has 1 heterocycles. The highest BCUT2D eigenvalue weighted by atomic mass is 16.6. The van der Waals surface area contributed by atoms with Crippen molar-refractivity contribution in [2.45, 2.75) is 33.0 Å². The van der Waals surface area contributed by atoms with Crippen molar-refractivity contribution in [3.63, 3.8) is 0 Å². The number of benzene rings is 2. The maximum absolute atomic E-state index is 12.1. The Bertz CT molecular complexity index is 637. The van der Waals surface area contributed by atoms with Gasteiger partial charge in [-0.05, 0) is 22.4 Å². The fourth-order valence-corrected chi connectivity index (χ4v) is 2.38. The largest absolute Gasteiger partial charge is 0.356 e. The van der Waals surface area contributed by atoms with E-state index < -0.39 is 0 Å². The third kappa shape index (κ3) is 2.28. The number of ketones is 1. The first-order chi connectivity index (χ1) is 8.97. The lowest BCUT2D eigenvalue weighted by Gasteiger charge is -2.14. The average Bonchev–Trinajstić information content (AvgIpc) is 3.16. The van der Waals surface area contributed by atoms with Crippen LogP contribution < -0.4 is 0 Å². The molecular formula is C17H18O2. The first kappa shape index (κ1) is 12.4. The monoisotopic (exact) mass is 254 g/mol. The second-order valence-electron chi connectivity index (χ2n) is 6.20. The van der Waals surface area contributed by atoms with Crippen molar-refractivity contribution in [2.24, 2.45) is 5.41 Å². The Morgan fingerprint density at radius 1 is 1.05 bits per heavy atom. The summed E-state index contributed by atoms with van der Waals surface area (Å²) in [6.07, 6.45) is -0.322. The molecule has 2 atom stereocenters. The summed E-state index contributed by atoms with van der Waals surface area (Å²) < 4.78 is 5.59. The van der Waals surface area contributed by atoms with E-state index >= 15 is 0 Å². The molecule has 0 radical (unpaired) electrons. The van der Waals surface area contributed by atoms with Crippen molar-refractivity contribution in [3.05, 3.63) is 48.0 Å². The zero-order chi connectivity index (χ0) is 13.6. The van der Waals surface area contributed by atoms with Crippen LogP contribution in [0.5, 0.6) is 0 Å². The minimum atomic E-state index is -0.337. The minimum absolute atomic E-state index is 0.0590. The Morgan fingerprint density at radius 2 is 1.74 bits per heavy atom. The highest BCUT2D eigenvalue weighted by Crippen LogP contribution is 2.43. The third-order valence-electron chi connectivity index (χ3n) is 3.59. The van der Waals surface area contributed by atoms with Crippen LogP contribution in [0.25, 0.3) is 10.8 Å². The summed E-state index contributed by atoms with van der Waals surface area (Å²) in [6, 6.07) is 14.5. The molecule has 1 fully saturated rings. The first-order valence-corrected chi connectivity index (χ1v) is 6.65. The second-order valence-corrected chi connectivity index (χ2v) is 6.20.